The van der Waals surface area contributed by atoms with Gasteiger partial charge in [0.05, 0.1) is 12.6 Å². The van der Waals surface area contributed by atoms with E-state index in [9.17, 15) is 5.11 Å². The van der Waals surface area contributed by atoms with Gasteiger partial charge in [-0.1, -0.05) is 48.8 Å². The van der Waals surface area contributed by atoms with Crippen LogP contribution in [-0.2, 0) is 6.54 Å². The van der Waals surface area contributed by atoms with Gasteiger partial charge < -0.3 is 19.9 Å². The van der Waals surface area contributed by atoms with Gasteiger partial charge in [0.15, 0.2) is 11.5 Å². The normalized spacial score (nSPS) is 20.3. The Kier molecular flexibility index (Phi) is 7.15. The van der Waals surface area contributed by atoms with Gasteiger partial charge in [-0.25, -0.2) is 0 Å². The van der Waals surface area contributed by atoms with Gasteiger partial charge in [0.2, 0.25) is 0 Å². The third-order valence-electron chi connectivity index (χ3n) is 6.61. The van der Waals surface area contributed by atoms with Crippen LogP contribution in [0.5, 0.6) is 11.5 Å². The van der Waals surface area contributed by atoms with Crippen LogP contribution in [0.3, 0.4) is 0 Å². The highest BCUT2D eigenvalue weighted by Crippen LogP contribution is 2.34. The highest BCUT2D eigenvalue weighted by atomic mass is 79.9. The number of allylic oxidation sites excluding steroid dienone is 1. The van der Waals surface area contributed by atoms with Crippen LogP contribution >= 0.6 is 24.5 Å². The SMILES string of the molecule is OCC(c1ccc(Br)c2c1PCC=C2)N1CCC(NCc2ccc3c(c2)OCCO3)CC1. The second kappa shape index (κ2) is 10.2. The number of piperidine rings is 1. The quantitative estimate of drug-likeness (QED) is 0.571. The first kappa shape index (κ1) is 22.4. The number of aliphatic hydroxyl groups is 1. The first-order chi connectivity index (χ1) is 15.7. The van der Waals surface area contributed by atoms with Crippen molar-refractivity contribution in [3.8, 4) is 11.5 Å². The summed E-state index contributed by atoms with van der Waals surface area (Å²) in [5, 5.41) is 15.4. The maximum atomic E-state index is 10.3. The van der Waals surface area contributed by atoms with E-state index in [1.54, 1.807) is 0 Å². The number of likely N-dealkylation sites (tertiary alicyclic amines) is 1. The van der Waals surface area contributed by atoms with Crippen molar-refractivity contribution in [1.82, 2.24) is 10.2 Å². The first-order valence-electron chi connectivity index (χ1n) is 11.4. The molecule has 7 heteroatoms. The molecule has 0 aromatic heterocycles. The van der Waals surface area contributed by atoms with Crippen molar-refractivity contribution in [3.05, 3.63) is 57.6 Å². The summed E-state index contributed by atoms with van der Waals surface area (Å²) in [6.07, 6.45) is 7.74. The Hall–Kier alpha value is -1.43. The standard InChI is InChI=1S/C25H30BrN2O3P/c26-21-5-4-20(25-19(21)2-1-13-32-25)22(16-29)28-9-7-18(8-10-28)27-15-17-3-6-23-24(14-17)31-12-11-30-23/h1-6,14,18,22,27,29,32H,7-13,15-16H2. The Morgan fingerprint density at radius 2 is 1.94 bits per heavy atom. The molecule has 0 spiro atoms. The molecule has 2 unspecified atom stereocenters. The Balaban J connectivity index is 1.19. The summed E-state index contributed by atoms with van der Waals surface area (Å²) in [6.45, 7) is 4.22. The molecule has 0 saturated carbocycles. The molecule has 2 N–H and O–H groups in total. The summed E-state index contributed by atoms with van der Waals surface area (Å²) in [6, 6.07) is 11.1. The summed E-state index contributed by atoms with van der Waals surface area (Å²) in [5.74, 6) is 1.69. The van der Waals surface area contributed by atoms with E-state index in [-0.39, 0.29) is 12.6 Å². The summed E-state index contributed by atoms with van der Waals surface area (Å²) in [7, 11) is 0.773. The molecule has 1 saturated heterocycles. The van der Waals surface area contributed by atoms with Crippen molar-refractivity contribution in [2.75, 3.05) is 39.1 Å². The van der Waals surface area contributed by atoms with E-state index < -0.39 is 0 Å². The number of aliphatic hydroxyl groups excluding tert-OH is 1. The molecule has 32 heavy (non-hydrogen) atoms. The van der Waals surface area contributed by atoms with Gasteiger partial charge in [-0.05, 0) is 59.2 Å². The van der Waals surface area contributed by atoms with Crippen LogP contribution in [0, 0.1) is 0 Å². The van der Waals surface area contributed by atoms with Crippen LogP contribution in [0.25, 0.3) is 6.08 Å². The minimum atomic E-state index is 0.0783. The minimum absolute atomic E-state index is 0.0783. The van der Waals surface area contributed by atoms with Gasteiger partial charge in [-0.2, -0.15) is 0 Å². The number of benzene rings is 2. The van der Waals surface area contributed by atoms with E-state index >= 15 is 0 Å². The predicted molar refractivity (Wildman–Crippen MR) is 135 cm³/mol. The Morgan fingerprint density at radius 1 is 1.12 bits per heavy atom. The molecule has 170 valence electrons. The molecule has 0 amide bonds. The van der Waals surface area contributed by atoms with E-state index in [1.165, 1.54) is 22.0 Å². The zero-order chi connectivity index (χ0) is 21.9. The third-order valence-corrected chi connectivity index (χ3v) is 8.65. The zero-order valence-electron chi connectivity index (χ0n) is 18.1. The van der Waals surface area contributed by atoms with Crippen molar-refractivity contribution >= 4 is 35.9 Å². The van der Waals surface area contributed by atoms with Gasteiger partial charge in [-0.3, -0.25) is 4.90 Å². The fourth-order valence-corrected chi connectivity index (χ4v) is 6.82. The average Bonchev–Trinajstić information content (AvgIpc) is 2.85. The molecule has 3 aliphatic rings. The van der Waals surface area contributed by atoms with Crippen LogP contribution in [-0.4, -0.2) is 55.1 Å². The minimum Gasteiger partial charge on any atom is -0.486 e. The topological polar surface area (TPSA) is 54.0 Å². The summed E-state index contributed by atoms with van der Waals surface area (Å²) >= 11 is 3.70. The largest absolute Gasteiger partial charge is 0.486 e. The first-order valence-corrected chi connectivity index (χ1v) is 13.4. The Morgan fingerprint density at radius 3 is 2.75 bits per heavy atom. The van der Waals surface area contributed by atoms with Crippen molar-refractivity contribution in [3.63, 3.8) is 0 Å². The molecule has 2 atom stereocenters. The van der Waals surface area contributed by atoms with Crippen molar-refractivity contribution in [2.24, 2.45) is 0 Å². The lowest BCUT2D eigenvalue weighted by Gasteiger charge is -2.38. The molecule has 0 bridgehead atoms. The van der Waals surface area contributed by atoms with Crippen molar-refractivity contribution in [1.29, 1.82) is 0 Å². The lowest BCUT2D eigenvalue weighted by molar-refractivity contribution is 0.0937. The maximum Gasteiger partial charge on any atom is 0.161 e. The third kappa shape index (κ3) is 4.76. The van der Waals surface area contributed by atoms with Crippen LogP contribution in [0.15, 0.2) is 40.9 Å². The molecule has 0 radical (unpaired) electrons. The van der Waals surface area contributed by atoms with Crippen LogP contribution in [0.2, 0.25) is 0 Å². The zero-order valence-corrected chi connectivity index (χ0v) is 20.7. The number of ether oxygens (including phenoxy) is 2. The average molecular weight is 517 g/mol. The number of hydrogen-bond donors (Lipinski definition) is 2. The van der Waals surface area contributed by atoms with Crippen LogP contribution in [0.1, 0.15) is 35.6 Å². The number of rotatable bonds is 6. The molecule has 1 fully saturated rings. The van der Waals surface area contributed by atoms with Gasteiger partial charge in [0.1, 0.15) is 13.2 Å². The number of hydrogen-bond acceptors (Lipinski definition) is 5. The predicted octanol–water partition coefficient (Wildman–Crippen LogP) is 3.84. The van der Waals surface area contributed by atoms with E-state index in [0.29, 0.717) is 19.3 Å². The second-order valence-electron chi connectivity index (χ2n) is 8.58. The van der Waals surface area contributed by atoms with E-state index in [0.717, 1.165) is 63.2 Å². The van der Waals surface area contributed by atoms with Crippen LogP contribution in [0.4, 0.5) is 0 Å². The molecular weight excluding hydrogens is 487 g/mol. The molecular formula is C25H30BrN2O3P. The van der Waals surface area contributed by atoms with Gasteiger partial charge in [-0.15, -0.1) is 0 Å². The Bertz CT molecular complexity index is 991. The summed E-state index contributed by atoms with van der Waals surface area (Å²) in [5.41, 5.74) is 3.82. The molecule has 5 nitrogen and oxygen atoms in total. The number of nitrogens with zero attached hydrogens (tertiary/aromatic N) is 1. The monoisotopic (exact) mass is 516 g/mol. The Labute approximate surface area is 200 Å². The van der Waals surface area contributed by atoms with E-state index in [2.05, 4.69) is 62.6 Å². The fourth-order valence-electron chi connectivity index (χ4n) is 4.87. The molecule has 3 heterocycles. The number of halogens is 1. The molecule has 2 aromatic rings. The molecule has 5 rings (SSSR count). The van der Waals surface area contributed by atoms with Crippen molar-refractivity contribution in [2.45, 2.75) is 31.5 Å². The molecule has 0 aliphatic carbocycles. The second-order valence-corrected chi connectivity index (χ2v) is 10.7. The van der Waals surface area contributed by atoms with Gasteiger partial charge in [0.25, 0.3) is 0 Å². The fraction of sp³-hybridized carbons (Fsp3) is 0.440. The summed E-state index contributed by atoms with van der Waals surface area (Å²) < 4.78 is 12.5. The molecule has 3 aliphatic heterocycles. The lowest BCUT2D eigenvalue weighted by Crippen LogP contribution is -2.45. The number of fused-ring (bicyclic) bond motifs is 2. The van der Waals surface area contributed by atoms with E-state index in [4.69, 9.17) is 9.47 Å². The molecule has 2 aromatic carbocycles. The van der Waals surface area contributed by atoms with Gasteiger partial charge >= 0.3 is 0 Å². The maximum absolute atomic E-state index is 10.3. The number of nitrogens with one attached hydrogen (secondary N) is 1. The van der Waals surface area contributed by atoms with Crippen molar-refractivity contribution < 1.29 is 14.6 Å². The highest BCUT2D eigenvalue weighted by molar-refractivity contribution is 9.10. The lowest BCUT2D eigenvalue weighted by atomic mass is 9.97. The van der Waals surface area contributed by atoms with Crippen LogP contribution < -0.4 is 20.1 Å². The highest BCUT2D eigenvalue weighted by Gasteiger charge is 2.28. The summed E-state index contributed by atoms with van der Waals surface area (Å²) in [4.78, 5) is 2.47. The van der Waals surface area contributed by atoms with Gasteiger partial charge in [0, 0.05) is 30.1 Å². The van der Waals surface area contributed by atoms with E-state index in [1.807, 2.05) is 6.07 Å². The smallest absolute Gasteiger partial charge is 0.161 e.